The summed E-state index contributed by atoms with van der Waals surface area (Å²) in [4.78, 5) is 42.7. The first-order chi connectivity index (χ1) is 17.9. The Morgan fingerprint density at radius 1 is 0.892 bits per heavy atom. The number of pyridine rings is 1. The SMILES string of the molecule is CC(=O)CCCCCCCC(=O)c1ccc(CC(=O)N(CC(O)CO)c2cccc3cccnc23)cc1. The van der Waals surface area contributed by atoms with E-state index in [9.17, 15) is 24.6 Å². The number of aliphatic hydroxyl groups is 2. The summed E-state index contributed by atoms with van der Waals surface area (Å²) in [6.45, 7) is 1.09. The molecule has 0 saturated heterocycles. The Kier molecular flexibility index (Phi) is 10.9. The van der Waals surface area contributed by atoms with Gasteiger partial charge in [-0.3, -0.25) is 14.6 Å². The second-order valence-electron chi connectivity index (χ2n) is 9.46. The van der Waals surface area contributed by atoms with E-state index in [4.69, 9.17) is 0 Å². The minimum Gasteiger partial charge on any atom is -0.394 e. The molecule has 1 aromatic heterocycles. The molecule has 2 N–H and O–H groups in total. The predicted octanol–water partition coefficient (Wildman–Crippen LogP) is 4.67. The summed E-state index contributed by atoms with van der Waals surface area (Å²) < 4.78 is 0. The van der Waals surface area contributed by atoms with Gasteiger partial charge in [-0.05, 0) is 37.5 Å². The number of fused-ring (bicyclic) bond motifs is 1. The van der Waals surface area contributed by atoms with Crippen LogP contribution in [0.2, 0.25) is 0 Å². The molecule has 0 saturated carbocycles. The Morgan fingerprint density at radius 2 is 1.57 bits per heavy atom. The second-order valence-corrected chi connectivity index (χ2v) is 9.46. The van der Waals surface area contributed by atoms with E-state index in [0.717, 1.165) is 43.1 Å². The molecule has 0 aliphatic heterocycles. The standard InChI is InChI=1S/C30H36N2O5/c1-22(34)9-5-3-2-4-6-13-28(36)24-16-14-23(15-17-24)19-29(37)32(20-26(35)21-33)27-12-7-10-25-11-8-18-31-30(25)27/h7-8,10-12,14-18,26,33,35H,2-6,9,13,19-21H2,1H3. The molecule has 1 atom stereocenters. The third kappa shape index (κ3) is 8.58. The average Bonchev–Trinajstić information content (AvgIpc) is 2.90. The number of carbonyl (C=O) groups excluding carboxylic acids is 3. The molecule has 1 unspecified atom stereocenters. The summed E-state index contributed by atoms with van der Waals surface area (Å²) in [7, 11) is 0. The summed E-state index contributed by atoms with van der Waals surface area (Å²) in [5.74, 6) is 0.0620. The maximum Gasteiger partial charge on any atom is 0.231 e. The summed E-state index contributed by atoms with van der Waals surface area (Å²) in [6.07, 6.45) is 6.49. The highest BCUT2D eigenvalue weighted by Crippen LogP contribution is 2.26. The minimum absolute atomic E-state index is 0.0592. The minimum atomic E-state index is -1.09. The van der Waals surface area contributed by atoms with Crippen LogP contribution < -0.4 is 4.90 Å². The Morgan fingerprint density at radius 3 is 2.27 bits per heavy atom. The molecule has 0 bridgehead atoms. The van der Waals surface area contributed by atoms with Crippen molar-refractivity contribution < 1.29 is 24.6 Å². The molecular formula is C30H36N2O5. The summed E-state index contributed by atoms with van der Waals surface area (Å²) in [6, 6.07) is 16.3. The van der Waals surface area contributed by atoms with Crippen molar-refractivity contribution >= 4 is 34.1 Å². The lowest BCUT2D eigenvalue weighted by molar-refractivity contribution is -0.118. The smallest absolute Gasteiger partial charge is 0.231 e. The zero-order valence-electron chi connectivity index (χ0n) is 21.4. The first-order valence-electron chi connectivity index (χ1n) is 12.9. The van der Waals surface area contributed by atoms with Gasteiger partial charge in [0.1, 0.15) is 5.78 Å². The largest absolute Gasteiger partial charge is 0.394 e. The number of Topliss-reactive ketones (excluding diaryl/α,β-unsaturated/α-hetero) is 2. The molecule has 2 aromatic carbocycles. The van der Waals surface area contributed by atoms with Crippen molar-refractivity contribution in [3.05, 3.63) is 71.9 Å². The third-order valence-electron chi connectivity index (χ3n) is 6.37. The summed E-state index contributed by atoms with van der Waals surface area (Å²) in [5, 5.41) is 20.4. The van der Waals surface area contributed by atoms with E-state index < -0.39 is 12.7 Å². The topological polar surface area (TPSA) is 108 Å². The van der Waals surface area contributed by atoms with Crippen LogP contribution >= 0.6 is 0 Å². The van der Waals surface area contributed by atoms with Gasteiger partial charge in [0.05, 0.1) is 36.9 Å². The number of hydrogen-bond donors (Lipinski definition) is 2. The van der Waals surface area contributed by atoms with Gasteiger partial charge in [0.25, 0.3) is 0 Å². The van der Waals surface area contributed by atoms with Gasteiger partial charge in [0, 0.05) is 30.0 Å². The number of benzene rings is 2. The van der Waals surface area contributed by atoms with Gasteiger partial charge in [-0.1, -0.05) is 61.7 Å². The number of aromatic nitrogens is 1. The van der Waals surface area contributed by atoms with Crippen molar-refractivity contribution in [2.24, 2.45) is 0 Å². The van der Waals surface area contributed by atoms with Gasteiger partial charge in [0.15, 0.2) is 5.78 Å². The van der Waals surface area contributed by atoms with Crippen molar-refractivity contribution in [1.82, 2.24) is 4.98 Å². The van der Waals surface area contributed by atoms with E-state index in [1.165, 1.54) is 4.90 Å². The van der Waals surface area contributed by atoms with Crippen LogP contribution in [0.5, 0.6) is 0 Å². The number of unbranched alkanes of at least 4 members (excludes halogenated alkanes) is 4. The number of amides is 1. The number of ketones is 2. The molecule has 0 aliphatic carbocycles. The fraction of sp³-hybridized carbons (Fsp3) is 0.400. The highest BCUT2D eigenvalue weighted by Gasteiger charge is 2.22. The lowest BCUT2D eigenvalue weighted by atomic mass is 10.0. The van der Waals surface area contributed by atoms with E-state index in [2.05, 4.69) is 4.98 Å². The van der Waals surface area contributed by atoms with Crippen LogP contribution in [0.15, 0.2) is 60.8 Å². The number of carbonyl (C=O) groups is 3. The second kappa shape index (κ2) is 14.4. The predicted molar refractivity (Wildman–Crippen MR) is 145 cm³/mol. The molecule has 7 heteroatoms. The Balaban J connectivity index is 1.60. The first-order valence-corrected chi connectivity index (χ1v) is 12.9. The van der Waals surface area contributed by atoms with E-state index in [0.29, 0.717) is 29.6 Å². The monoisotopic (exact) mass is 504 g/mol. The molecule has 0 spiro atoms. The molecule has 3 aromatic rings. The van der Waals surface area contributed by atoms with Crippen LogP contribution in [-0.2, 0) is 16.0 Å². The molecule has 7 nitrogen and oxygen atoms in total. The Bertz CT molecular complexity index is 1190. The van der Waals surface area contributed by atoms with Gasteiger partial charge in [-0.2, -0.15) is 0 Å². The van der Waals surface area contributed by atoms with Crippen molar-refractivity contribution in [1.29, 1.82) is 0 Å². The zero-order valence-corrected chi connectivity index (χ0v) is 21.4. The van der Waals surface area contributed by atoms with E-state index in [-0.39, 0.29) is 30.4 Å². The Labute approximate surface area is 218 Å². The van der Waals surface area contributed by atoms with Crippen molar-refractivity contribution in [3.63, 3.8) is 0 Å². The van der Waals surface area contributed by atoms with Gasteiger partial charge in [0.2, 0.25) is 5.91 Å². The maximum atomic E-state index is 13.3. The summed E-state index contributed by atoms with van der Waals surface area (Å²) in [5.41, 5.74) is 2.59. The highest BCUT2D eigenvalue weighted by atomic mass is 16.3. The van der Waals surface area contributed by atoms with E-state index in [1.54, 1.807) is 43.5 Å². The molecule has 0 aliphatic rings. The number of nitrogens with zero attached hydrogens (tertiary/aromatic N) is 2. The normalized spacial score (nSPS) is 11.9. The molecule has 3 rings (SSSR count). The van der Waals surface area contributed by atoms with Crippen LogP contribution in [0.25, 0.3) is 10.9 Å². The van der Waals surface area contributed by atoms with Crippen LogP contribution in [0.4, 0.5) is 5.69 Å². The molecule has 0 fully saturated rings. The molecule has 1 amide bonds. The van der Waals surface area contributed by atoms with Crippen molar-refractivity contribution in [2.75, 3.05) is 18.1 Å². The van der Waals surface area contributed by atoms with Crippen LogP contribution in [0, 0.1) is 0 Å². The number of para-hydroxylation sites is 1. The Hall–Kier alpha value is -3.42. The van der Waals surface area contributed by atoms with Gasteiger partial charge >= 0.3 is 0 Å². The molecule has 1 heterocycles. The average molecular weight is 505 g/mol. The lowest BCUT2D eigenvalue weighted by Crippen LogP contribution is -2.40. The van der Waals surface area contributed by atoms with Gasteiger partial charge in [-0.15, -0.1) is 0 Å². The molecule has 0 radical (unpaired) electrons. The number of hydrogen-bond acceptors (Lipinski definition) is 6. The van der Waals surface area contributed by atoms with Crippen LogP contribution in [0.3, 0.4) is 0 Å². The van der Waals surface area contributed by atoms with E-state index in [1.807, 2.05) is 24.3 Å². The van der Waals surface area contributed by atoms with Gasteiger partial charge < -0.3 is 19.9 Å². The molecule has 37 heavy (non-hydrogen) atoms. The zero-order chi connectivity index (χ0) is 26.6. The van der Waals surface area contributed by atoms with Crippen molar-refractivity contribution in [3.8, 4) is 0 Å². The molecular weight excluding hydrogens is 468 g/mol. The fourth-order valence-corrected chi connectivity index (χ4v) is 4.32. The lowest BCUT2D eigenvalue weighted by Gasteiger charge is -2.26. The third-order valence-corrected chi connectivity index (χ3v) is 6.37. The highest BCUT2D eigenvalue weighted by molar-refractivity contribution is 6.03. The van der Waals surface area contributed by atoms with Crippen molar-refractivity contribution in [2.45, 2.75) is 64.4 Å². The fourth-order valence-electron chi connectivity index (χ4n) is 4.32. The first kappa shape index (κ1) is 28.2. The van der Waals surface area contributed by atoms with Gasteiger partial charge in [-0.25, -0.2) is 0 Å². The number of rotatable bonds is 15. The molecule has 196 valence electrons. The summed E-state index contributed by atoms with van der Waals surface area (Å²) >= 11 is 0. The van der Waals surface area contributed by atoms with Crippen LogP contribution in [-0.4, -0.2) is 51.9 Å². The van der Waals surface area contributed by atoms with Crippen LogP contribution in [0.1, 0.15) is 67.8 Å². The number of aliphatic hydroxyl groups excluding tert-OH is 2. The van der Waals surface area contributed by atoms with E-state index >= 15 is 0 Å². The quantitative estimate of drug-likeness (QED) is 0.230. The maximum absolute atomic E-state index is 13.3. The number of anilines is 1.